The molecule has 0 unspecified atom stereocenters. The Balaban J connectivity index is 2.17. The fraction of sp³-hybridized carbons (Fsp3) is 0.0667. The third-order valence-corrected chi connectivity index (χ3v) is 2.87. The van der Waals surface area contributed by atoms with Crippen LogP contribution in [0.1, 0.15) is 16.7 Å². The molecule has 2 aromatic carbocycles. The summed E-state index contributed by atoms with van der Waals surface area (Å²) >= 11 is 6.05. The molecule has 0 bridgehead atoms. The predicted octanol–water partition coefficient (Wildman–Crippen LogP) is 4.00. The maximum Gasteiger partial charge on any atom is 0.0681 e. The number of aliphatic hydroxyl groups is 1. The normalized spacial score (nSPS) is 10.9. The quantitative estimate of drug-likeness (QED) is 0.809. The van der Waals surface area contributed by atoms with Crippen LogP contribution in [0, 0.1) is 0 Å². The molecular weight excluding hydrogens is 232 g/mol. The topological polar surface area (TPSA) is 20.2 Å². The summed E-state index contributed by atoms with van der Waals surface area (Å²) in [4.78, 5) is 0. The summed E-state index contributed by atoms with van der Waals surface area (Å²) < 4.78 is 0. The molecular formula is C15H13ClO. The molecule has 0 atom stereocenters. The molecule has 0 fully saturated rings. The summed E-state index contributed by atoms with van der Waals surface area (Å²) in [7, 11) is 0. The minimum Gasteiger partial charge on any atom is -0.392 e. The van der Waals surface area contributed by atoms with Crippen molar-refractivity contribution in [3.8, 4) is 0 Å². The maximum absolute atomic E-state index is 8.94. The molecule has 0 radical (unpaired) electrons. The van der Waals surface area contributed by atoms with Crippen LogP contribution in [0.5, 0.6) is 0 Å². The molecule has 0 saturated carbocycles. The second kappa shape index (κ2) is 5.67. The van der Waals surface area contributed by atoms with E-state index in [2.05, 4.69) is 0 Å². The van der Waals surface area contributed by atoms with Crippen molar-refractivity contribution >= 4 is 23.8 Å². The highest BCUT2D eigenvalue weighted by molar-refractivity contribution is 6.32. The Morgan fingerprint density at radius 2 is 1.65 bits per heavy atom. The molecule has 0 spiro atoms. The fourth-order valence-corrected chi connectivity index (χ4v) is 1.73. The van der Waals surface area contributed by atoms with Gasteiger partial charge in [-0.15, -0.1) is 0 Å². The van der Waals surface area contributed by atoms with Gasteiger partial charge in [-0.1, -0.05) is 66.2 Å². The van der Waals surface area contributed by atoms with E-state index in [0.29, 0.717) is 0 Å². The number of aliphatic hydroxyl groups excluding tert-OH is 1. The summed E-state index contributed by atoms with van der Waals surface area (Å²) in [6, 6.07) is 15.5. The molecule has 17 heavy (non-hydrogen) atoms. The highest BCUT2D eigenvalue weighted by Gasteiger charge is 1.94. The Morgan fingerprint density at radius 3 is 2.29 bits per heavy atom. The van der Waals surface area contributed by atoms with E-state index < -0.39 is 0 Å². The minimum atomic E-state index is 0.0779. The van der Waals surface area contributed by atoms with Crippen LogP contribution in [0.4, 0.5) is 0 Å². The van der Waals surface area contributed by atoms with Crippen LogP contribution < -0.4 is 0 Å². The lowest BCUT2D eigenvalue weighted by Gasteiger charge is -1.98. The standard InChI is InChI=1S/C15H13ClO/c16-15-4-2-1-3-14(15)10-9-12-5-7-13(11-17)8-6-12/h1-10,17H,11H2. The predicted molar refractivity (Wildman–Crippen MR) is 72.7 cm³/mol. The van der Waals surface area contributed by atoms with Crippen LogP contribution in [0.25, 0.3) is 12.2 Å². The van der Waals surface area contributed by atoms with Gasteiger partial charge in [-0.25, -0.2) is 0 Å². The van der Waals surface area contributed by atoms with Crippen molar-refractivity contribution in [1.29, 1.82) is 0 Å². The van der Waals surface area contributed by atoms with Gasteiger partial charge >= 0.3 is 0 Å². The lowest BCUT2D eigenvalue weighted by Crippen LogP contribution is -1.81. The van der Waals surface area contributed by atoms with Crippen LogP contribution in [0.3, 0.4) is 0 Å². The number of hydrogen-bond donors (Lipinski definition) is 1. The third kappa shape index (κ3) is 3.19. The fourth-order valence-electron chi connectivity index (χ4n) is 1.53. The van der Waals surface area contributed by atoms with Gasteiger partial charge in [-0.3, -0.25) is 0 Å². The van der Waals surface area contributed by atoms with Gasteiger partial charge in [-0.2, -0.15) is 0 Å². The van der Waals surface area contributed by atoms with Crippen molar-refractivity contribution in [1.82, 2.24) is 0 Å². The van der Waals surface area contributed by atoms with Crippen molar-refractivity contribution in [3.63, 3.8) is 0 Å². The minimum absolute atomic E-state index is 0.0779. The van der Waals surface area contributed by atoms with Crippen molar-refractivity contribution in [3.05, 3.63) is 70.2 Å². The SMILES string of the molecule is OCc1ccc(C=Cc2ccccc2Cl)cc1. The number of hydrogen-bond acceptors (Lipinski definition) is 1. The molecule has 0 aliphatic rings. The van der Waals surface area contributed by atoms with Crippen molar-refractivity contribution < 1.29 is 5.11 Å². The number of benzene rings is 2. The maximum atomic E-state index is 8.94. The molecule has 1 N–H and O–H groups in total. The zero-order valence-electron chi connectivity index (χ0n) is 9.31. The first-order valence-electron chi connectivity index (χ1n) is 5.42. The number of rotatable bonds is 3. The van der Waals surface area contributed by atoms with Gasteiger partial charge in [0.05, 0.1) is 6.61 Å². The van der Waals surface area contributed by atoms with Crippen LogP contribution in [-0.4, -0.2) is 5.11 Å². The van der Waals surface area contributed by atoms with Gasteiger partial charge in [0.15, 0.2) is 0 Å². The van der Waals surface area contributed by atoms with Gasteiger partial charge < -0.3 is 5.11 Å². The zero-order valence-corrected chi connectivity index (χ0v) is 10.1. The molecule has 2 heteroatoms. The summed E-state index contributed by atoms with van der Waals surface area (Å²) in [6.07, 6.45) is 3.98. The molecule has 0 aliphatic carbocycles. The Labute approximate surface area is 106 Å². The molecule has 86 valence electrons. The summed E-state index contributed by atoms with van der Waals surface area (Å²) in [5.74, 6) is 0. The van der Waals surface area contributed by atoms with E-state index in [9.17, 15) is 0 Å². The van der Waals surface area contributed by atoms with Crippen LogP contribution in [0.15, 0.2) is 48.5 Å². The van der Waals surface area contributed by atoms with Gasteiger partial charge in [0.2, 0.25) is 0 Å². The average molecular weight is 245 g/mol. The second-order valence-corrected chi connectivity index (χ2v) is 4.16. The van der Waals surface area contributed by atoms with E-state index in [1.807, 2.05) is 60.7 Å². The highest BCUT2D eigenvalue weighted by Crippen LogP contribution is 2.18. The van der Waals surface area contributed by atoms with Gasteiger partial charge in [0.25, 0.3) is 0 Å². The first-order chi connectivity index (χ1) is 8.29. The molecule has 0 saturated heterocycles. The number of halogens is 1. The lowest BCUT2D eigenvalue weighted by molar-refractivity contribution is 0.282. The zero-order chi connectivity index (χ0) is 12.1. The largest absolute Gasteiger partial charge is 0.392 e. The van der Waals surface area contributed by atoms with Gasteiger partial charge in [0.1, 0.15) is 0 Å². The summed E-state index contributed by atoms with van der Waals surface area (Å²) in [5.41, 5.74) is 3.00. The smallest absolute Gasteiger partial charge is 0.0681 e. The third-order valence-electron chi connectivity index (χ3n) is 2.52. The van der Waals surface area contributed by atoms with Gasteiger partial charge in [0, 0.05) is 5.02 Å². The van der Waals surface area contributed by atoms with E-state index >= 15 is 0 Å². The van der Waals surface area contributed by atoms with Crippen molar-refractivity contribution in [2.75, 3.05) is 0 Å². The molecule has 2 aromatic rings. The van der Waals surface area contributed by atoms with E-state index in [4.69, 9.17) is 16.7 Å². The molecule has 1 nitrogen and oxygen atoms in total. The Morgan fingerprint density at radius 1 is 0.941 bits per heavy atom. The average Bonchev–Trinajstić information content (AvgIpc) is 2.38. The molecule has 0 aromatic heterocycles. The van der Waals surface area contributed by atoms with E-state index in [1.165, 1.54) is 0 Å². The van der Waals surface area contributed by atoms with Crippen LogP contribution in [-0.2, 0) is 6.61 Å². The van der Waals surface area contributed by atoms with E-state index in [0.717, 1.165) is 21.7 Å². The first-order valence-corrected chi connectivity index (χ1v) is 5.80. The van der Waals surface area contributed by atoms with E-state index in [1.54, 1.807) is 0 Å². The monoisotopic (exact) mass is 244 g/mol. The molecule has 0 aliphatic heterocycles. The van der Waals surface area contributed by atoms with Crippen molar-refractivity contribution in [2.24, 2.45) is 0 Å². The second-order valence-electron chi connectivity index (χ2n) is 3.75. The Hall–Kier alpha value is -1.57. The van der Waals surface area contributed by atoms with Crippen LogP contribution in [0.2, 0.25) is 5.02 Å². The Kier molecular flexibility index (Phi) is 3.97. The van der Waals surface area contributed by atoms with E-state index in [-0.39, 0.29) is 6.61 Å². The molecule has 2 rings (SSSR count). The molecule has 0 amide bonds. The van der Waals surface area contributed by atoms with Crippen molar-refractivity contribution in [2.45, 2.75) is 6.61 Å². The first kappa shape index (κ1) is 11.9. The summed E-state index contributed by atoms with van der Waals surface area (Å²) in [6.45, 7) is 0.0779. The van der Waals surface area contributed by atoms with Crippen LogP contribution >= 0.6 is 11.6 Å². The lowest BCUT2D eigenvalue weighted by atomic mass is 10.1. The van der Waals surface area contributed by atoms with Gasteiger partial charge in [-0.05, 0) is 22.8 Å². The highest BCUT2D eigenvalue weighted by atomic mass is 35.5. The summed E-state index contributed by atoms with van der Waals surface area (Å²) in [5, 5.41) is 9.68. The molecule has 0 heterocycles. The Bertz CT molecular complexity index is 515.